The fourth-order valence-corrected chi connectivity index (χ4v) is 6.80. The van der Waals surface area contributed by atoms with Crippen molar-refractivity contribution in [3.8, 4) is 39.4 Å². The number of aryl methyl sites for hydroxylation is 2. The molecule has 1 N–H and O–H groups in total. The summed E-state index contributed by atoms with van der Waals surface area (Å²) in [6.45, 7) is 9.05. The minimum absolute atomic E-state index is 0.215. The Morgan fingerprint density at radius 1 is 0.979 bits per heavy atom. The summed E-state index contributed by atoms with van der Waals surface area (Å²) >= 11 is 0. The third-order valence-electron chi connectivity index (χ3n) is 8.91. The largest absolute Gasteiger partial charge is 0.489 e. The van der Waals surface area contributed by atoms with Crippen molar-refractivity contribution in [1.82, 2.24) is 14.6 Å². The zero-order valence-electron chi connectivity index (χ0n) is 27.2. The quantitative estimate of drug-likeness (QED) is 0.215. The molecule has 5 aromatic rings. The first-order valence-corrected chi connectivity index (χ1v) is 16.3. The Hall–Kier alpha value is -4.76. The normalized spacial score (nSPS) is 15.5. The molecule has 0 radical (unpaired) electrons. The summed E-state index contributed by atoms with van der Waals surface area (Å²) in [5.41, 5.74) is 6.74. The number of rotatable bonds is 3. The second-order valence-electron chi connectivity index (χ2n) is 13.4. The first-order valence-electron chi connectivity index (χ1n) is 16.3. The number of hydrogen-bond donors (Lipinski definition) is 1. The lowest BCUT2D eigenvalue weighted by Gasteiger charge is -2.32. The van der Waals surface area contributed by atoms with E-state index in [2.05, 4.69) is 41.3 Å². The van der Waals surface area contributed by atoms with Crippen molar-refractivity contribution < 1.29 is 23.8 Å². The van der Waals surface area contributed by atoms with Gasteiger partial charge < -0.3 is 19.5 Å². The van der Waals surface area contributed by atoms with E-state index in [-0.39, 0.29) is 11.1 Å². The number of hydrogen-bond acceptors (Lipinski definition) is 6. The molecule has 2 aliphatic rings. The minimum atomic E-state index is -1.42. The highest BCUT2D eigenvalue weighted by molar-refractivity contribution is 5.83. The number of fused-ring (bicyclic) bond motifs is 8. The van der Waals surface area contributed by atoms with Gasteiger partial charge in [-0.3, -0.25) is 0 Å². The highest BCUT2D eigenvalue weighted by atomic mass is 19.1. The van der Waals surface area contributed by atoms with Crippen LogP contribution in [0.1, 0.15) is 63.0 Å². The SMILES string of the molecule is Cc1nc2cc3nn2c(c1C(OC(C)(C)C)C(=O)O)-c1cc2c(cc1F)OCCN2CCCCCc1ccccc1-c1cccc-3c1. The van der Waals surface area contributed by atoms with Gasteiger partial charge in [0.2, 0.25) is 0 Å². The van der Waals surface area contributed by atoms with Gasteiger partial charge in [-0.25, -0.2) is 18.7 Å². The Kier molecular flexibility index (Phi) is 7.96. The molecule has 3 aromatic carbocycles. The molecule has 8 nitrogen and oxygen atoms in total. The molecule has 0 saturated carbocycles. The van der Waals surface area contributed by atoms with Crippen LogP contribution in [0.2, 0.25) is 0 Å². The number of carbonyl (C=O) groups is 1. The monoisotopic (exact) mass is 634 g/mol. The van der Waals surface area contributed by atoms with E-state index in [1.807, 2.05) is 18.2 Å². The molecule has 0 fully saturated rings. The van der Waals surface area contributed by atoms with Crippen LogP contribution in [0.3, 0.4) is 0 Å². The molecule has 0 amide bonds. The summed E-state index contributed by atoms with van der Waals surface area (Å²) in [5.74, 6) is -1.26. The third kappa shape index (κ3) is 5.96. The van der Waals surface area contributed by atoms with Crippen LogP contribution in [0.15, 0.2) is 66.7 Å². The molecule has 2 aliphatic heterocycles. The van der Waals surface area contributed by atoms with Crippen molar-refractivity contribution in [2.24, 2.45) is 0 Å². The Balaban J connectivity index is 1.52. The number of aromatic nitrogens is 3. The lowest BCUT2D eigenvalue weighted by atomic mass is 9.94. The Bertz CT molecular complexity index is 2000. The van der Waals surface area contributed by atoms with Gasteiger partial charge >= 0.3 is 5.97 Å². The number of aliphatic carboxylic acids is 1. The molecule has 0 aliphatic carbocycles. The van der Waals surface area contributed by atoms with Crippen LogP contribution in [-0.4, -0.2) is 51.0 Å². The standard InChI is InChI=1S/C38H39FN4O4/c1-23-34(36(37(44)45)47-38(2,3)4)35-28-20-31-32(21-29(28)39)46-18-17-42(31)16-9-5-6-11-24-12-7-8-15-27(24)25-13-10-14-26(19-25)30-22-33(40-23)43(35)41-30/h7-8,10,12-15,19-22,36H,5-6,9,11,16-18H2,1-4H3,(H,44,45). The third-order valence-corrected chi connectivity index (χ3v) is 8.91. The summed E-state index contributed by atoms with van der Waals surface area (Å²) in [4.78, 5) is 19.9. The molecule has 1 atom stereocenters. The van der Waals surface area contributed by atoms with Crippen LogP contribution >= 0.6 is 0 Å². The lowest BCUT2D eigenvalue weighted by molar-refractivity contribution is -0.160. The van der Waals surface area contributed by atoms with Crippen LogP contribution in [0.4, 0.5) is 10.1 Å². The van der Waals surface area contributed by atoms with Crippen LogP contribution in [0.25, 0.3) is 39.3 Å². The number of carboxylic acids is 1. The summed E-state index contributed by atoms with van der Waals surface area (Å²) < 4.78 is 30.0. The average molecular weight is 635 g/mol. The van der Waals surface area contributed by atoms with Crippen LogP contribution in [-0.2, 0) is 16.0 Å². The van der Waals surface area contributed by atoms with Crippen LogP contribution in [0.5, 0.6) is 5.75 Å². The molecule has 9 heteroatoms. The van der Waals surface area contributed by atoms with Gasteiger partial charge in [0, 0.05) is 41.1 Å². The predicted octanol–water partition coefficient (Wildman–Crippen LogP) is 8.04. The Labute approximate surface area is 273 Å². The average Bonchev–Trinajstić information content (AvgIpc) is 3.46. The molecule has 47 heavy (non-hydrogen) atoms. The zero-order chi connectivity index (χ0) is 32.9. The molecular weight excluding hydrogens is 595 g/mol. The van der Waals surface area contributed by atoms with E-state index in [0.29, 0.717) is 41.6 Å². The molecule has 0 spiro atoms. The molecule has 4 heterocycles. The molecule has 0 saturated heterocycles. The highest BCUT2D eigenvalue weighted by Crippen LogP contribution is 2.42. The fourth-order valence-electron chi connectivity index (χ4n) is 6.80. The van der Waals surface area contributed by atoms with E-state index in [1.165, 1.54) is 17.2 Å². The van der Waals surface area contributed by atoms with Crippen molar-refractivity contribution in [3.63, 3.8) is 0 Å². The number of carboxylic acid groups (broad SMARTS) is 1. The van der Waals surface area contributed by atoms with Gasteiger partial charge in [-0.2, -0.15) is 5.10 Å². The lowest BCUT2D eigenvalue weighted by Crippen LogP contribution is -2.33. The maximum absolute atomic E-state index is 16.4. The first-order chi connectivity index (χ1) is 22.6. The second kappa shape index (κ2) is 12.1. The second-order valence-corrected chi connectivity index (χ2v) is 13.4. The maximum Gasteiger partial charge on any atom is 0.337 e. The number of anilines is 1. The molecule has 7 rings (SSSR count). The van der Waals surface area contributed by atoms with E-state index < -0.39 is 23.5 Å². The van der Waals surface area contributed by atoms with Gasteiger partial charge in [0.1, 0.15) is 18.2 Å². The van der Waals surface area contributed by atoms with Gasteiger partial charge in [-0.1, -0.05) is 48.9 Å². The van der Waals surface area contributed by atoms with Crippen LogP contribution < -0.4 is 9.64 Å². The predicted molar refractivity (Wildman–Crippen MR) is 180 cm³/mol. The van der Waals surface area contributed by atoms with Crippen molar-refractivity contribution in [1.29, 1.82) is 0 Å². The molecular formula is C38H39FN4O4. The molecule has 1 unspecified atom stereocenters. The topological polar surface area (TPSA) is 89.2 Å². The van der Waals surface area contributed by atoms with Gasteiger partial charge in [0.05, 0.1) is 29.2 Å². The number of nitrogens with zero attached hydrogens (tertiary/aromatic N) is 4. The molecule has 6 bridgehead atoms. The minimum Gasteiger partial charge on any atom is -0.489 e. The summed E-state index contributed by atoms with van der Waals surface area (Å²) in [5, 5.41) is 15.5. The molecule has 242 valence electrons. The summed E-state index contributed by atoms with van der Waals surface area (Å²) in [7, 11) is 0. The highest BCUT2D eigenvalue weighted by Gasteiger charge is 2.35. The molecule has 2 aromatic heterocycles. The van der Waals surface area contributed by atoms with Gasteiger partial charge in [0.15, 0.2) is 11.8 Å². The van der Waals surface area contributed by atoms with Gasteiger partial charge in [0.25, 0.3) is 0 Å². The fraction of sp³-hybridized carbons (Fsp3) is 0.342. The summed E-state index contributed by atoms with van der Waals surface area (Å²) in [6.07, 6.45) is 2.61. The van der Waals surface area contributed by atoms with Crippen molar-refractivity contribution in [2.45, 2.75) is 65.1 Å². The maximum atomic E-state index is 16.4. The van der Waals surface area contributed by atoms with E-state index in [9.17, 15) is 9.90 Å². The van der Waals surface area contributed by atoms with Crippen molar-refractivity contribution in [2.75, 3.05) is 24.6 Å². The Morgan fingerprint density at radius 3 is 2.60 bits per heavy atom. The van der Waals surface area contributed by atoms with Gasteiger partial charge in [-0.05, 0) is 75.8 Å². The van der Waals surface area contributed by atoms with Crippen molar-refractivity contribution in [3.05, 3.63) is 89.4 Å². The number of halogens is 1. The first kappa shape index (κ1) is 30.9. The van der Waals surface area contributed by atoms with Gasteiger partial charge in [-0.15, -0.1) is 0 Å². The summed E-state index contributed by atoms with van der Waals surface area (Å²) in [6, 6.07) is 21.8. The Morgan fingerprint density at radius 2 is 1.79 bits per heavy atom. The number of ether oxygens (including phenoxy) is 2. The van der Waals surface area contributed by atoms with E-state index in [1.54, 1.807) is 38.3 Å². The van der Waals surface area contributed by atoms with E-state index >= 15 is 4.39 Å². The van der Waals surface area contributed by atoms with Crippen molar-refractivity contribution >= 4 is 17.3 Å². The zero-order valence-corrected chi connectivity index (χ0v) is 27.2. The van der Waals surface area contributed by atoms with E-state index in [0.717, 1.165) is 49.0 Å². The van der Waals surface area contributed by atoms with Crippen LogP contribution in [0, 0.1) is 12.7 Å². The smallest absolute Gasteiger partial charge is 0.337 e. The number of benzene rings is 3. The van der Waals surface area contributed by atoms with E-state index in [4.69, 9.17) is 19.6 Å².